The van der Waals surface area contributed by atoms with E-state index >= 15 is 0 Å². The van der Waals surface area contributed by atoms with Crippen LogP contribution in [-0.4, -0.2) is 60.9 Å². The number of carbonyl (C=O) groups excluding carboxylic acids is 2. The molecule has 2 heterocycles. The van der Waals surface area contributed by atoms with Gasteiger partial charge in [-0.1, -0.05) is 25.1 Å². The summed E-state index contributed by atoms with van der Waals surface area (Å²) in [4.78, 5) is 31.5. The number of likely N-dealkylation sites (N-methyl/N-ethyl adjacent to an activating group) is 1. The molecule has 1 saturated heterocycles. The Morgan fingerprint density at radius 2 is 1.86 bits per heavy atom. The van der Waals surface area contributed by atoms with Crippen LogP contribution in [0.3, 0.4) is 0 Å². The molecule has 2 aromatic rings. The van der Waals surface area contributed by atoms with Crippen molar-refractivity contribution in [2.75, 3.05) is 44.2 Å². The topological polar surface area (TPSA) is 53.1 Å². The highest BCUT2D eigenvalue weighted by molar-refractivity contribution is 5.98. The molecule has 6 nitrogen and oxygen atoms in total. The van der Waals surface area contributed by atoms with Crippen molar-refractivity contribution in [1.29, 1.82) is 0 Å². The minimum absolute atomic E-state index is 0.0381. The lowest BCUT2D eigenvalue weighted by Gasteiger charge is -2.34. The fourth-order valence-corrected chi connectivity index (χ4v) is 3.92. The number of benzene rings is 2. The molecule has 6 heteroatoms. The fraction of sp³-hybridized carbons (Fsp3) is 0.391. The summed E-state index contributed by atoms with van der Waals surface area (Å²) in [5.74, 6) is 0.707. The molecule has 29 heavy (non-hydrogen) atoms. The first-order valence-electron chi connectivity index (χ1n) is 10.2. The van der Waals surface area contributed by atoms with Gasteiger partial charge in [-0.2, -0.15) is 0 Å². The fourth-order valence-electron chi connectivity index (χ4n) is 3.92. The lowest BCUT2D eigenvalue weighted by Crippen LogP contribution is -2.48. The maximum Gasteiger partial charge on any atom is 0.265 e. The van der Waals surface area contributed by atoms with Crippen molar-refractivity contribution >= 4 is 17.5 Å². The number of anilines is 1. The Hall–Kier alpha value is -2.86. The molecule has 0 atom stereocenters. The van der Waals surface area contributed by atoms with Gasteiger partial charge in [-0.3, -0.25) is 9.59 Å². The van der Waals surface area contributed by atoms with Gasteiger partial charge in [0.05, 0.1) is 12.2 Å². The molecule has 0 saturated carbocycles. The second kappa shape index (κ2) is 8.25. The van der Waals surface area contributed by atoms with E-state index in [0.717, 1.165) is 55.3 Å². The van der Waals surface area contributed by atoms with Gasteiger partial charge in [-0.05, 0) is 48.9 Å². The van der Waals surface area contributed by atoms with E-state index in [-0.39, 0.29) is 18.4 Å². The normalized spacial score (nSPS) is 17.1. The predicted molar refractivity (Wildman–Crippen MR) is 112 cm³/mol. The molecule has 2 aliphatic heterocycles. The highest BCUT2D eigenvalue weighted by Gasteiger charge is 2.26. The van der Waals surface area contributed by atoms with Crippen LogP contribution in [0.25, 0.3) is 0 Å². The van der Waals surface area contributed by atoms with Crippen LogP contribution in [0.1, 0.15) is 28.4 Å². The average molecular weight is 393 g/mol. The highest BCUT2D eigenvalue weighted by Crippen LogP contribution is 2.34. The van der Waals surface area contributed by atoms with Crippen molar-refractivity contribution < 1.29 is 14.3 Å². The van der Waals surface area contributed by atoms with Gasteiger partial charge in [0.2, 0.25) is 0 Å². The molecule has 152 valence electrons. The van der Waals surface area contributed by atoms with Crippen LogP contribution in [0.5, 0.6) is 5.75 Å². The van der Waals surface area contributed by atoms with Gasteiger partial charge in [-0.25, -0.2) is 0 Å². The van der Waals surface area contributed by atoms with Gasteiger partial charge < -0.3 is 19.4 Å². The highest BCUT2D eigenvalue weighted by atomic mass is 16.5. The number of fused-ring (bicyclic) bond motifs is 1. The Morgan fingerprint density at radius 3 is 2.62 bits per heavy atom. The van der Waals surface area contributed by atoms with Crippen LogP contribution in [-0.2, 0) is 11.3 Å². The van der Waals surface area contributed by atoms with E-state index in [2.05, 4.69) is 11.8 Å². The van der Waals surface area contributed by atoms with E-state index in [9.17, 15) is 9.59 Å². The Morgan fingerprint density at radius 1 is 1.07 bits per heavy atom. The predicted octanol–water partition coefficient (Wildman–Crippen LogP) is 2.70. The number of rotatable bonds is 4. The summed E-state index contributed by atoms with van der Waals surface area (Å²) in [6, 6.07) is 13.5. The first kappa shape index (κ1) is 19.5. The van der Waals surface area contributed by atoms with Crippen molar-refractivity contribution in [2.24, 2.45) is 0 Å². The minimum atomic E-state index is -0.0736. The third-order valence-electron chi connectivity index (χ3n) is 5.68. The molecule has 0 unspecified atom stereocenters. The van der Waals surface area contributed by atoms with Gasteiger partial charge >= 0.3 is 0 Å². The molecule has 0 aromatic heterocycles. The van der Waals surface area contributed by atoms with Gasteiger partial charge in [0.15, 0.2) is 6.61 Å². The Bertz CT molecular complexity index is 919. The van der Waals surface area contributed by atoms with E-state index in [0.29, 0.717) is 12.1 Å². The smallest absolute Gasteiger partial charge is 0.265 e. The molecule has 0 aliphatic carbocycles. The number of ether oxygens (including phenoxy) is 1. The number of amides is 2. The number of carbonyl (C=O) groups is 2. The quantitative estimate of drug-likeness (QED) is 0.802. The van der Waals surface area contributed by atoms with E-state index in [1.54, 1.807) is 4.90 Å². The second-order valence-electron chi connectivity index (χ2n) is 7.67. The van der Waals surface area contributed by atoms with E-state index in [1.165, 1.54) is 0 Å². The van der Waals surface area contributed by atoms with Crippen LogP contribution in [0.15, 0.2) is 42.5 Å². The molecule has 0 spiro atoms. The summed E-state index contributed by atoms with van der Waals surface area (Å²) in [7, 11) is 0. The van der Waals surface area contributed by atoms with Gasteiger partial charge in [0.25, 0.3) is 11.8 Å². The van der Waals surface area contributed by atoms with Crippen molar-refractivity contribution in [3.05, 3.63) is 59.2 Å². The maximum absolute atomic E-state index is 13.0. The Labute approximate surface area is 171 Å². The van der Waals surface area contributed by atoms with Crippen LogP contribution in [0.4, 0.5) is 5.69 Å². The summed E-state index contributed by atoms with van der Waals surface area (Å²) < 4.78 is 5.56. The summed E-state index contributed by atoms with van der Waals surface area (Å²) in [5, 5.41) is 0. The second-order valence-corrected chi connectivity index (χ2v) is 7.67. The largest absolute Gasteiger partial charge is 0.482 e. The summed E-state index contributed by atoms with van der Waals surface area (Å²) in [6.07, 6.45) is 0. The first-order chi connectivity index (χ1) is 14.0. The number of hydrogen-bond acceptors (Lipinski definition) is 4. The van der Waals surface area contributed by atoms with Gasteiger partial charge in [0.1, 0.15) is 5.75 Å². The molecule has 2 amide bonds. The number of hydrogen-bond donors (Lipinski definition) is 0. The molecule has 2 aromatic carbocycles. The molecule has 0 bridgehead atoms. The Kier molecular flexibility index (Phi) is 5.53. The molecule has 0 N–H and O–H groups in total. The van der Waals surface area contributed by atoms with E-state index in [4.69, 9.17) is 4.74 Å². The SMILES string of the molecule is CCN1CCN(C(=O)c2cccc(CN3C(=O)COc4ccc(C)cc43)c2)CC1. The van der Waals surface area contributed by atoms with Crippen molar-refractivity contribution in [3.8, 4) is 5.75 Å². The van der Waals surface area contributed by atoms with Crippen molar-refractivity contribution in [2.45, 2.75) is 20.4 Å². The maximum atomic E-state index is 13.0. The average Bonchev–Trinajstić information content (AvgIpc) is 2.75. The first-order valence-corrected chi connectivity index (χ1v) is 10.2. The zero-order chi connectivity index (χ0) is 20.4. The van der Waals surface area contributed by atoms with E-state index < -0.39 is 0 Å². The van der Waals surface area contributed by atoms with Crippen LogP contribution in [0.2, 0.25) is 0 Å². The monoisotopic (exact) mass is 393 g/mol. The zero-order valence-corrected chi connectivity index (χ0v) is 17.1. The lowest BCUT2D eigenvalue weighted by molar-refractivity contribution is -0.121. The van der Waals surface area contributed by atoms with Crippen molar-refractivity contribution in [3.63, 3.8) is 0 Å². The molecular formula is C23H27N3O3. The molecule has 1 fully saturated rings. The van der Waals surface area contributed by atoms with E-state index in [1.807, 2.05) is 54.3 Å². The standard InChI is InChI=1S/C23H27N3O3/c1-3-24-9-11-25(12-10-24)23(28)19-6-4-5-18(14-19)15-26-20-13-17(2)7-8-21(20)29-16-22(26)27/h4-8,13-14H,3,9-12,15-16H2,1-2H3. The van der Waals surface area contributed by atoms with Crippen LogP contribution >= 0.6 is 0 Å². The number of piperazine rings is 1. The summed E-state index contributed by atoms with van der Waals surface area (Å²) >= 11 is 0. The lowest BCUT2D eigenvalue weighted by atomic mass is 10.1. The number of nitrogens with zero attached hydrogens (tertiary/aromatic N) is 3. The Balaban J connectivity index is 1.52. The summed E-state index contributed by atoms with van der Waals surface area (Å²) in [6.45, 7) is 8.96. The van der Waals surface area contributed by atoms with Crippen molar-refractivity contribution in [1.82, 2.24) is 9.80 Å². The minimum Gasteiger partial charge on any atom is -0.482 e. The van der Waals surface area contributed by atoms with Crippen LogP contribution in [0, 0.1) is 6.92 Å². The number of aryl methyl sites for hydroxylation is 1. The van der Waals surface area contributed by atoms with Crippen LogP contribution < -0.4 is 9.64 Å². The van der Waals surface area contributed by atoms with Gasteiger partial charge in [-0.15, -0.1) is 0 Å². The zero-order valence-electron chi connectivity index (χ0n) is 17.1. The molecular weight excluding hydrogens is 366 g/mol. The van der Waals surface area contributed by atoms with Gasteiger partial charge in [0, 0.05) is 31.7 Å². The summed E-state index contributed by atoms with van der Waals surface area (Å²) in [5.41, 5.74) is 3.47. The third kappa shape index (κ3) is 4.12. The molecule has 4 rings (SSSR count). The molecule has 0 radical (unpaired) electrons. The third-order valence-corrected chi connectivity index (χ3v) is 5.68. The molecule has 2 aliphatic rings.